The second-order valence-electron chi connectivity index (χ2n) is 6.05. The van der Waals surface area contributed by atoms with E-state index in [9.17, 15) is 15.0 Å². The van der Waals surface area contributed by atoms with Crippen molar-refractivity contribution < 1.29 is 19.7 Å². The summed E-state index contributed by atoms with van der Waals surface area (Å²) in [4.78, 5) is 13.4. The molecular formula is C12H23NO4. The molecule has 0 spiro atoms. The predicted octanol–water partition coefficient (Wildman–Crippen LogP) is 0.844. The van der Waals surface area contributed by atoms with Crippen molar-refractivity contribution in [3.63, 3.8) is 0 Å². The van der Waals surface area contributed by atoms with Gasteiger partial charge in [-0.3, -0.25) is 0 Å². The highest BCUT2D eigenvalue weighted by molar-refractivity contribution is 5.68. The first-order valence-corrected chi connectivity index (χ1v) is 5.91. The smallest absolute Gasteiger partial charge is 0.410 e. The fourth-order valence-corrected chi connectivity index (χ4v) is 2.04. The topological polar surface area (TPSA) is 70.0 Å². The fraction of sp³-hybridized carbons (Fsp3) is 0.917. The molecule has 0 aromatic carbocycles. The predicted molar refractivity (Wildman–Crippen MR) is 63.6 cm³/mol. The summed E-state index contributed by atoms with van der Waals surface area (Å²) in [5.41, 5.74) is -0.963. The summed E-state index contributed by atoms with van der Waals surface area (Å²) in [6, 6.07) is 0. The summed E-state index contributed by atoms with van der Waals surface area (Å²) in [5.74, 6) is -0.0972. The molecule has 0 radical (unpaired) electrons. The second-order valence-corrected chi connectivity index (χ2v) is 6.05. The second kappa shape index (κ2) is 4.82. The molecule has 2 N–H and O–H groups in total. The van der Waals surface area contributed by atoms with Crippen LogP contribution in [0.4, 0.5) is 4.79 Å². The van der Waals surface area contributed by atoms with Crippen molar-refractivity contribution >= 4 is 6.09 Å². The molecule has 5 heteroatoms. The standard InChI is InChI=1S/C12H23NO4/c1-11(2,3)17-10(16)13-5-9(6-14)12(4,7-13)8-15/h9,14-15H,5-8H2,1-4H3/t9?,12-/m0/s1. The van der Waals surface area contributed by atoms with Gasteiger partial charge in [0.1, 0.15) is 5.60 Å². The lowest BCUT2D eigenvalue weighted by Gasteiger charge is -2.27. The number of aliphatic hydroxyl groups is 2. The number of rotatable bonds is 2. The minimum Gasteiger partial charge on any atom is -0.444 e. The van der Waals surface area contributed by atoms with Crippen LogP contribution in [0.25, 0.3) is 0 Å². The molecule has 0 aliphatic carbocycles. The number of hydrogen-bond acceptors (Lipinski definition) is 4. The Bertz CT molecular complexity index is 287. The van der Waals surface area contributed by atoms with Crippen LogP contribution in [0.3, 0.4) is 0 Å². The summed E-state index contributed by atoms with van der Waals surface area (Å²) >= 11 is 0. The van der Waals surface area contributed by atoms with E-state index < -0.39 is 11.0 Å². The van der Waals surface area contributed by atoms with Gasteiger partial charge in [-0.05, 0) is 20.8 Å². The quantitative estimate of drug-likeness (QED) is 0.756. The van der Waals surface area contributed by atoms with Crippen molar-refractivity contribution in [1.82, 2.24) is 4.90 Å². The highest BCUT2D eigenvalue weighted by Gasteiger charge is 2.44. The average Bonchev–Trinajstić information content (AvgIpc) is 2.54. The number of amides is 1. The van der Waals surface area contributed by atoms with E-state index >= 15 is 0 Å². The van der Waals surface area contributed by atoms with E-state index in [1.54, 1.807) is 4.90 Å². The van der Waals surface area contributed by atoms with Gasteiger partial charge in [-0.25, -0.2) is 4.79 Å². The molecule has 0 saturated carbocycles. The molecule has 1 amide bonds. The molecule has 0 aromatic rings. The molecule has 0 aromatic heterocycles. The van der Waals surface area contributed by atoms with Gasteiger partial charge in [0.25, 0.3) is 0 Å². The van der Waals surface area contributed by atoms with Crippen molar-refractivity contribution in [1.29, 1.82) is 0 Å². The zero-order valence-electron chi connectivity index (χ0n) is 11.1. The van der Waals surface area contributed by atoms with Crippen LogP contribution in [0, 0.1) is 11.3 Å². The monoisotopic (exact) mass is 245 g/mol. The van der Waals surface area contributed by atoms with Crippen molar-refractivity contribution in [3.05, 3.63) is 0 Å². The maximum atomic E-state index is 11.9. The third kappa shape index (κ3) is 3.33. The van der Waals surface area contributed by atoms with Crippen LogP contribution in [0.2, 0.25) is 0 Å². The zero-order valence-corrected chi connectivity index (χ0v) is 11.1. The summed E-state index contributed by atoms with van der Waals surface area (Å²) in [7, 11) is 0. The third-order valence-electron chi connectivity index (χ3n) is 3.21. The number of carbonyl (C=O) groups excluding carboxylic acids is 1. The Morgan fingerprint density at radius 2 is 2.06 bits per heavy atom. The van der Waals surface area contributed by atoms with E-state index in [0.717, 1.165) is 0 Å². The van der Waals surface area contributed by atoms with E-state index in [4.69, 9.17) is 4.74 Å². The Kier molecular flexibility index (Phi) is 4.04. The Morgan fingerprint density at radius 3 is 2.41 bits per heavy atom. The lowest BCUT2D eigenvalue weighted by Crippen LogP contribution is -2.37. The molecule has 1 unspecified atom stereocenters. The first-order chi connectivity index (χ1) is 7.72. The molecular weight excluding hydrogens is 222 g/mol. The average molecular weight is 245 g/mol. The van der Waals surface area contributed by atoms with Gasteiger partial charge in [0, 0.05) is 31.0 Å². The van der Waals surface area contributed by atoms with Crippen molar-refractivity contribution in [2.45, 2.75) is 33.3 Å². The van der Waals surface area contributed by atoms with Gasteiger partial charge in [-0.15, -0.1) is 0 Å². The van der Waals surface area contributed by atoms with E-state index in [1.807, 2.05) is 27.7 Å². The fourth-order valence-electron chi connectivity index (χ4n) is 2.04. The van der Waals surface area contributed by atoms with Crippen molar-refractivity contribution in [2.24, 2.45) is 11.3 Å². The number of aliphatic hydroxyl groups excluding tert-OH is 2. The van der Waals surface area contributed by atoms with Gasteiger partial charge < -0.3 is 19.8 Å². The van der Waals surface area contributed by atoms with Crippen LogP contribution in [0.5, 0.6) is 0 Å². The van der Waals surface area contributed by atoms with Crippen LogP contribution in [0.15, 0.2) is 0 Å². The maximum absolute atomic E-state index is 11.9. The first-order valence-electron chi connectivity index (χ1n) is 5.91. The van der Waals surface area contributed by atoms with Gasteiger partial charge in [0.2, 0.25) is 0 Å². The Morgan fingerprint density at radius 1 is 1.47 bits per heavy atom. The molecule has 100 valence electrons. The summed E-state index contributed by atoms with van der Waals surface area (Å²) in [6.07, 6.45) is -0.381. The minimum absolute atomic E-state index is 0.0314. The lowest BCUT2D eigenvalue weighted by molar-refractivity contribution is 0.0261. The first kappa shape index (κ1) is 14.3. The molecule has 1 fully saturated rings. The molecule has 5 nitrogen and oxygen atoms in total. The van der Waals surface area contributed by atoms with E-state index in [2.05, 4.69) is 0 Å². The highest BCUT2D eigenvalue weighted by atomic mass is 16.6. The zero-order chi connectivity index (χ0) is 13.3. The number of carbonyl (C=O) groups is 1. The van der Waals surface area contributed by atoms with Crippen LogP contribution in [-0.2, 0) is 4.74 Å². The molecule has 2 atom stereocenters. The Labute approximate surface area is 102 Å². The molecule has 1 saturated heterocycles. The van der Waals surface area contributed by atoms with E-state index in [1.165, 1.54) is 0 Å². The van der Waals surface area contributed by atoms with Crippen LogP contribution < -0.4 is 0 Å². The van der Waals surface area contributed by atoms with Crippen molar-refractivity contribution in [2.75, 3.05) is 26.3 Å². The number of nitrogens with zero attached hydrogens (tertiary/aromatic N) is 1. The molecule has 17 heavy (non-hydrogen) atoms. The summed E-state index contributed by atoms with van der Waals surface area (Å²) < 4.78 is 5.28. The number of hydrogen-bond donors (Lipinski definition) is 2. The number of likely N-dealkylation sites (tertiary alicyclic amines) is 1. The van der Waals surface area contributed by atoms with E-state index in [0.29, 0.717) is 13.1 Å². The lowest BCUT2D eigenvalue weighted by atomic mass is 9.81. The van der Waals surface area contributed by atoms with Gasteiger partial charge in [0.15, 0.2) is 0 Å². The van der Waals surface area contributed by atoms with Crippen LogP contribution in [0.1, 0.15) is 27.7 Å². The maximum Gasteiger partial charge on any atom is 0.410 e. The molecule has 1 rings (SSSR count). The molecule has 1 aliphatic rings. The van der Waals surface area contributed by atoms with Gasteiger partial charge >= 0.3 is 6.09 Å². The Balaban J connectivity index is 2.68. The normalized spacial score (nSPS) is 29.5. The van der Waals surface area contributed by atoms with Crippen LogP contribution in [-0.4, -0.2) is 53.1 Å². The van der Waals surface area contributed by atoms with Crippen LogP contribution >= 0.6 is 0 Å². The van der Waals surface area contributed by atoms with Gasteiger partial charge in [-0.1, -0.05) is 6.92 Å². The summed E-state index contributed by atoms with van der Waals surface area (Å²) in [6.45, 7) is 8.10. The molecule has 1 aliphatic heterocycles. The van der Waals surface area contributed by atoms with Gasteiger partial charge in [0.05, 0.1) is 6.61 Å². The van der Waals surface area contributed by atoms with E-state index in [-0.39, 0.29) is 25.2 Å². The molecule has 1 heterocycles. The largest absolute Gasteiger partial charge is 0.444 e. The Hall–Kier alpha value is -0.810. The van der Waals surface area contributed by atoms with Crippen molar-refractivity contribution in [3.8, 4) is 0 Å². The highest BCUT2D eigenvalue weighted by Crippen LogP contribution is 2.35. The summed E-state index contributed by atoms with van der Waals surface area (Å²) in [5, 5.41) is 18.6. The van der Waals surface area contributed by atoms with Gasteiger partial charge in [-0.2, -0.15) is 0 Å². The number of ether oxygens (including phenoxy) is 1. The molecule has 0 bridgehead atoms. The minimum atomic E-state index is -0.524. The third-order valence-corrected chi connectivity index (χ3v) is 3.21. The SMILES string of the molecule is CC(C)(C)OC(=O)N1CC(CO)[C@](C)(CO)C1.